The van der Waals surface area contributed by atoms with E-state index in [1.807, 2.05) is 11.8 Å². The van der Waals surface area contributed by atoms with Crippen molar-refractivity contribution in [1.82, 2.24) is 14.9 Å². The molecule has 1 saturated heterocycles. The largest absolute Gasteiger partial charge is 0.331 e. The van der Waals surface area contributed by atoms with Crippen molar-refractivity contribution in [3.05, 3.63) is 18.2 Å². The van der Waals surface area contributed by atoms with Gasteiger partial charge in [-0.15, -0.1) is 0 Å². The molecule has 1 aliphatic heterocycles. The second kappa shape index (κ2) is 5.66. The predicted octanol–water partition coefficient (Wildman–Crippen LogP) is 2.81. The average Bonchev–Trinajstić information content (AvgIpc) is 3.09. The van der Waals surface area contributed by atoms with Crippen LogP contribution >= 0.6 is 11.8 Å². The second-order valence-electron chi connectivity index (χ2n) is 5.59. The Labute approximate surface area is 114 Å². The highest BCUT2D eigenvalue weighted by Crippen LogP contribution is 2.36. The third-order valence-electron chi connectivity index (χ3n) is 4.50. The maximum atomic E-state index is 4.42. The molecule has 3 unspecified atom stereocenters. The van der Waals surface area contributed by atoms with Crippen molar-refractivity contribution in [2.75, 3.05) is 19.3 Å². The molecule has 1 aliphatic carbocycles. The standard InChI is InChI=1S/C14H23N3S/c1-18-13-4-2-3-12(7-13)17-10-16-9-14(17)11-5-6-15-8-11/h9-13,15H,2-8H2,1H3. The SMILES string of the molecule is CSC1CCCC(n2cncc2C2CCNC2)C1. The summed E-state index contributed by atoms with van der Waals surface area (Å²) in [4.78, 5) is 4.42. The number of rotatable bonds is 3. The van der Waals surface area contributed by atoms with Gasteiger partial charge in [-0.3, -0.25) is 0 Å². The highest BCUT2D eigenvalue weighted by atomic mass is 32.2. The molecule has 4 heteroatoms. The minimum absolute atomic E-state index is 0.683. The van der Waals surface area contributed by atoms with Crippen LogP contribution in [0.4, 0.5) is 0 Å². The molecule has 3 atom stereocenters. The van der Waals surface area contributed by atoms with E-state index in [-0.39, 0.29) is 0 Å². The molecular weight excluding hydrogens is 242 g/mol. The topological polar surface area (TPSA) is 29.9 Å². The molecule has 1 saturated carbocycles. The fourth-order valence-corrected chi connectivity index (χ4v) is 4.25. The van der Waals surface area contributed by atoms with E-state index >= 15 is 0 Å². The minimum atomic E-state index is 0.683. The molecular formula is C14H23N3S. The van der Waals surface area contributed by atoms with Crippen molar-refractivity contribution < 1.29 is 0 Å². The van der Waals surface area contributed by atoms with Crippen LogP contribution in [0.25, 0.3) is 0 Å². The molecule has 1 aromatic rings. The summed E-state index contributed by atoms with van der Waals surface area (Å²) in [5.74, 6) is 0.683. The lowest BCUT2D eigenvalue weighted by atomic mass is 9.93. The van der Waals surface area contributed by atoms with Crippen LogP contribution in [0.3, 0.4) is 0 Å². The van der Waals surface area contributed by atoms with E-state index in [9.17, 15) is 0 Å². The van der Waals surface area contributed by atoms with Gasteiger partial charge in [0, 0.05) is 35.6 Å². The summed E-state index contributed by atoms with van der Waals surface area (Å²) in [6.45, 7) is 2.29. The van der Waals surface area contributed by atoms with E-state index in [1.165, 1.54) is 37.8 Å². The lowest BCUT2D eigenvalue weighted by molar-refractivity contribution is 0.350. The molecule has 2 heterocycles. The molecule has 1 aromatic heterocycles. The summed E-state index contributed by atoms with van der Waals surface area (Å²) >= 11 is 2.04. The normalized spacial score (nSPS) is 32.8. The van der Waals surface area contributed by atoms with Crippen LogP contribution in [0.2, 0.25) is 0 Å². The third-order valence-corrected chi connectivity index (χ3v) is 5.59. The van der Waals surface area contributed by atoms with Crippen molar-refractivity contribution in [3.63, 3.8) is 0 Å². The van der Waals surface area contributed by atoms with Crippen molar-refractivity contribution in [3.8, 4) is 0 Å². The first-order valence-electron chi connectivity index (χ1n) is 7.13. The Bertz CT molecular complexity index is 384. The zero-order valence-electron chi connectivity index (χ0n) is 11.1. The molecule has 2 aliphatic rings. The Kier molecular flexibility index (Phi) is 3.94. The fraction of sp³-hybridized carbons (Fsp3) is 0.786. The van der Waals surface area contributed by atoms with Crippen LogP contribution in [0.15, 0.2) is 12.5 Å². The van der Waals surface area contributed by atoms with Gasteiger partial charge in [-0.25, -0.2) is 4.98 Å². The highest BCUT2D eigenvalue weighted by Gasteiger charge is 2.27. The van der Waals surface area contributed by atoms with Crippen molar-refractivity contribution in [2.45, 2.75) is 49.3 Å². The van der Waals surface area contributed by atoms with Crippen molar-refractivity contribution in [1.29, 1.82) is 0 Å². The molecule has 100 valence electrons. The first kappa shape index (κ1) is 12.5. The number of thioether (sulfide) groups is 1. The summed E-state index contributed by atoms with van der Waals surface area (Å²) < 4.78 is 2.49. The Morgan fingerprint density at radius 3 is 3.11 bits per heavy atom. The van der Waals surface area contributed by atoms with Gasteiger partial charge in [-0.2, -0.15) is 11.8 Å². The predicted molar refractivity (Wildman–Crippen MR) is 77.3 cm³/mol. The Hall–Kier alpha value is -0.480. The maximum absolute atomic E-state index is 4.42. The van der Waals surface area contributed by atoms with Crippen LogP contribution in [-0.2, 0) is 0 Å². The van der Waals surface area contributed by atoms with Crippen LogP contribution in [0, 0.1) is 0 Å². The third kappa shape index (κ3) is 2.45. The van der Waals surface area contributed by atoms with Crippen LogP contribution in [-0.4, -0.2) is 34.1 Å². The van der Waals surface area contributed by atoms with E-state index in [1.54, 1.807) is 0 Å². The quantitative estimate of drug-likeness (QED) is 0.911. The van der Waals surface area contributed by atoms with Gasteiger partial charge in [0.15, 0.2) is 0 Å². The molecule has 1 N–H and O–H groups in total. The maximum Gasteiger partial charge on any atom is 0.0950 e. The van der Waals surface area contributed by atoms with Crippen LogP contribution in [0.5, 0.6) is 0 Å². The molecule has 3 nitrogen and oxygen atoms in total. The summed E-state index contributed by atoms with van der Waals surface area (Å²) in [6, 6.07) is 0.689. The van der Waals surface area contributed by atoms with Gasteiger partial charge >= 0.3 is 0 Å². The molecule has 3 rings (SSSR count). The molecule has 0 aromatic carbocycles. The van der Waals surface area contributed by atoms with Gasteiger partial charge in [0.05, 0.1) is 6.33 Å². The van der Waals surface area contributed by atoms with Gasteiger partial charge in [0.25, 0.3) is 0 Å². The summed E-state index contributed by atoms with van der Waals surface area (Å²) in [5, 5.41) is 4.31. The number of aromatic nitrogens is 2. The molecule has 0 spiro atoms. The van der Waals surface area contributed by atoms with Gasteiger partial charge in [-0.1, -0.05) is 6.42 Å². The summed E-state index contributed by atoms with van der Waals surface area (Å²) in [5.41, 5.74) is 1.46. The van der Waals surface area contributed by atoms with Gasteiger partial charge in [0.1, 0.15) is 0 Å². The van der Waals surface area contributed by atoms with Gasteiger partial charge in [-0.05, 0) is 38.5 Å². The Balaban J connectivity index is 1.77. The molecule has 0 bridgehead atoms. The minimum Gasteiger partial charge on any atom is -0.331 e. The molecule has 0 amide bonds. The smallest absolute Gasteiger partial charge is 0.0950 e. The summed E-state index contributed by atoms with van der Waals surface area (Å²) in [7, 11) is 0. The monoisotopic (exact) mass is 265 g/mol. The number of hydrogen-bond acceptors (Lipinski definition) is 3. The van der Waals surface area contributed by atoms with Gasteiger partial charge < -0.3 is 9.88 Å². The number of nitrogens with one attached hydrogen (secondary N) is 1. The van der Waals surface area contributed by atoms with Crippen LogP contribution in [0.1, 0.15) is 49.8 Å². The Morgan fingerprint density at radius 2 is 2.33 bits per heavy atom. The van der Waals surface area contributed by atoms with Crippen molar-refractivity contribution >= 4 is 11.8 Å². The zero-order valence-corrected chi connectivity index (χ0v) is 12.0. The lowest BCUT2D eigenvalue weighted by Crippen LogP contribution is -2.22. The van der Waals surface area contributed by atoms with E-state index in [4.69, 9.17) is 0 Å². The lowest BCUT2D eigenvalue weighted by Gasteiger charge is -2.30. The van der Waals surface area contributed by atoms with Crippen molar-refractivity contribution in [2.24, 2.45) is 0 Å². The van der Waals surface area contributed by atoms with E-state index in [2.05, 4.69) is 33.6 Å². The molecule has 0 radical (unpaired) electrons. The first-order chi connectivity index (χ1) is 8.88. The van der Waals surface area contributed by atoms with E-state index < -0.39 is 0 Å². The zero-order chi connectivity index (χ0) is 12.4. The first-order valence-corrected chi connectivity index (χ1v) is 8.42. The fourth-order valence-electron chi connectivity index (χ4n) is 3.43. The molecule has 2 fully saturated rings. The number of imidazole rings is 1. The van der Waals surface area contributed by atoms with Gasteiger partial charge in [0.2, 0.25) is 0 Å². The second-order valence-corrected chi connectivity index (χ2v) is 6.73. The number of nitrogens with zero attached hydrogens (tertiary/aromatic N) is 2. The van der Waals surface area contributed by atoms with E-state index in [0.717, 1.165) is 18.3 Å². The van der Waals surface area contributed by atoms with E-state index in [0.29, 0.717) is 12.0 Å². The average molecular weight is 265 g/mol. The van der Waals surface area contributed by atoms with Crippen LogP contribution < -0.4 is 5.32 Å². The highest BCUT2D eigenvalue weighted by molar-refractivity contribution is 7.99. The number of hydrogen-bond donors (Lipinski definition) is 1. The Morgan fingerprint density at radius 1 is 1.39 bits per heavy atom. The summed E-state index contributed by atoms with van der Waals surface area (Å²) in [6.07, 6.45) is 13.1. The molecule has 18 heavy (non-hydrogen) atoms.